The molecule has 0 fully saturated rings. The molecule has 0 bridgehead atoms. The maximum atomic E-state index is 13.3. The number of carboxylic acid groups (broad SMARTS) is 1. The van der Waals surface area contributed by atoms with Gasteiger partial charge in [-0.1, -0.05) is 62.7 Å². The molecule has 0 radical (unpaired) electrons. The number of aryl methyl sites for hydroxylation is 2. The summed E-state index contributed by atoms with van der Waals surface area (Å²) in [5.41, 5.74) is 4.71. The minimum absolute atomic E-state index is 0.00666. The number of benzene rings is 2. The Hall–Kier alpha value is -3.34. The van der Waals surface area contributed by atoms with Crippen molar-refractivity contribution >= 4 is 17.4 Å². The van der Waals surface area contributed by atoms with Crippen LogP contribution < -0.4 is 5.32 Å². The molecule has 0 aliphatic heterocycles. The molecular formula is C29H36N2O3. The Balaban J connectivity index is 1.55. The lowest BCUT2D eigenvalue weighted by molar-refractivity contribution is -0.137. The maximum Gasteiger partial charge on any atom is 0.303 e. The molecule has 0 saturated carbocycles. The third-order valence-corrected chi connectivity index (χ3v) is 6.02. The minimum atomic E-state index is -0.798. The van der Waals surface area contributed by atoms with E-state index in [4.69, 9.17) is 5.11 Å². The molecule has 0 spiro atoms. The normalized spacial score (nSPS) is 11.0. The highest BCUT2D eigenvalue weighted by Gasteiger charge is 2.19. The first-order chi connectivity index (χ1) is 16.4. The lowest BCUT2D eigenvalue weighted by Crippen LogP contribution is -2.06. The van der Waals surface area contributed by atoms with Crippen LogP contribution in [-0.4, -0.2) is 28.0 Å². The third-order valence-electron chi connectivity index (χ3n) is 6.02. The quantitative estimate of drug-likeness (QED) is 0.212. The van der Waals surface area contributed by atoms with Gasteiger partial charge in [-0.05, 0) is 54.9 Å². The Labute approximate surface area is 202 Å². The Morgan fingerprint density at radius 2 is 1.74 bits per heavy atom. The van der Waals surface area contributed by atoms with Crippen molar-refractivity contribution in [2.24, 2.45) is 0 Å². The molecule has 0 unspecified atom stereocenters. The van der Waals surface area contributed by atoms with Gasteiger partial charge in [-0.2, -0.15) is 0 Å². The van der Waals surface area contributed by atoms with Crippen LogP contribution in [0.15, 0.2) is 67.0 Å². The topological polar surface area (TPSA) is 71.3 Å². The molecule has 2 aromatic carbocycles. The number of hydrogen-bond donors (Lipinski definition) is 2. The predicted molar refractivity (Wildman–Crippen MR) is 138 cm³/mol. The van der Waals surface area contributed by atoms with Gasteiger partial charge in [0.25, 0.3) is 0 Å². The second kappa shape index (κ2) is 12.8. The molecule has 180 valence electrons. The van der Waals surface area contributed by atoms with Crippen molar-refractivity contribution in [1.29, 1.82) is 0 Å². The lowest BCUT2D eigenvalue weighted by Gasteiger charge is -2.10. The van der Waals surface area contributed by atoms with E-state index in [9.17, 15) is 9.59 Å². The van der Waals surface area contributed by atoms with Crippen molar-refractivity contribution in [3.63, 3.8) is 0 Å². The molecule has 0 aliphatic carbocycles. The number of aromatic nitrogens is 1. The largest absolute Gasteiger partial charge is 0.481 e. The van der Waals surface area contributed by atoms with Crippen LogP contribution in [0.4, 0.5) is 5.69 Å². The van der Waals surface area contributed by atoms with E-state index in [0.29, 0.717) is 24.1 Å². The number of carbonyl (C=O) groups is 2. The van der Waals surface area contributed by atoms with E-state index in [-0.39, 0.29) is 18.1 Å². The standard InChI is InChI=1S/C29H36N2O3/c1-22(2)26-20-31(18-10-16-28(32)33)21-27(26)29(34)24-14-9-15-25(19-24)30-17-8-4-7-13-23-11-5-3-6-12-23/h3,5-6,9,11-12,14-15,19-22,30H,4,7-8,10,13,16-18H2,1-2H3,(H,32,33). The zero-order valence-electron chi connectivity index (χ0n) is 20.3. The van der Waals surface area contributed by atoms with Crippen molar-refractivity contribution in [2.75, 3.05) is 11.9 Å². The molecule has 0 aliphatic rings. The highest BCUT2D eigenvalue weighted by molar-refractivity contribution is 6.10. The first-order valence-electron chi connectivity index (χ1n) is 12.3. The van der Waals surface area contributed by atoms with E-state index >= 15 is 0 Å². The van der Waals surface area contributed by atoms with Crippen LogP contribution in [0.25, 0.3) is 0 Å². The number of unbranched alkanes of at least 4 members (excludes halogenated alkanes) is 2. The molecule has 5 nitrogen and oxygen atoms in total. The van der Waals surface area contributed by atoms with Crippen molar-refractivity contribution < 1.29 is 14.7 Å². The third kappa shape index (κ3) is 7.62. The van der Waals surface area contributed by atoms with Crippen molar-refractivity contribution in [1.82, 2.24) is 4.57 Å². The average Bonchev–Trinajstić information content (AvgIpc) is 3.26. The van der Waals surface area contributed by atoms with Crippen LogP contribution in [0.2, 0.25) is 0 Å². The minimum Gasteiger partial charge on any atom is -0.481 e. The number of aliphatic carboxylic acids is 1. The van der Waals surface area contributed by atoms with Gasteiger partial charge in [0.2, 0.25) is 0 Å². The SMILES string of the molecule is CC(C)c1cn(CCCC(=O)O)cc1C(=O)c1cccc(NCCCCCc2ccccc2)c1. The van der Waals surface area contributed by atoms with Crippen LogP contribution in [0.1, 0.15) is 78.9 Å². The van der Waals surface area contributed by atoms with Gasteiger partial charge >= 0.3 is 5.97 Å². The molecule has 0 atom stereocenters. The summed E-state index contributed by atoms with van der Waals surface area (Å²) in [7, 11) is 0. The summed E-state index contributed by atoms with van der Waals surface area (Å²) in [6, 6.07) is 18.3. The van der Waals surface area contributed by atoms with E-state index in [1.807, 2.05) is 47.3 Å². The Bertz CT molecular complexity index is 1070. The van der Waals surface area contributed by atoms with Crippen molar-refractivity contribution in [2.45, 2.75) is 64.8 Å². The predicted octanol–water partition coefficient (Wildman–Crippen LogP) is 6.53. The molecule has 5 heteroatoms. The highest BCUT2D eigenvalue weighted by atomic mass is 16.4. The lowest BCUT2D eigenvalue weighted by atomic mass is 9.96. The van der Waals surface area contributed by atoms with Gasteiger partial charge in [0.1, 0.15) is 0 Å². The number of hydrogen-bond acceptors (Lipinski definition) is 3. The molecular weight excluding hydrogens is 424 g/mol. The molecule has 1 aromatic heterocycles. The summed E-state index contributed by atoms with van der Waals surface area (Å²) in [6.07, 6.45) is 9.04. The first-order valence-corrected chi connectivity index (χ1v) is 12.3. The fourth-order valence-electron chi connectivity index (χ4n) is 4.15. The van der Waals surface area contributed by atoms with Gasteiger partial charge in [0.15, 0.2) is 5.78 Å². The molecule has 0 amide bonds. The fraction of sp³-hybridized carbons (Fsp3) is 0.379. The van der Waals surface area contributed by atoms with Crippen LogP contribution in [0, 0.1) is 0 Å². The Morgan fingerprint density at radius 1 is 0.941 bits per heavy atom. The van der Waals surface area contributed by atoms with Gasteiger partial charge in [-0.15, -0.1) is 0 Å². The summed E-state index contributed by atoms with van der Waals surface area (Å²) >= 11 is 0. The number of ketones is 1. The number of nitrogens with one attached hydrogen (secondary N) is 1. The van der Waals surface area contributed by atoms with Crippen LogP contribution >= 0.6 is 0 Å². The number of nitrogens with zero attached hydrogens (tertiary/aromatic N) is 1. The van der Waals surface area contributed by atoms with E-state index < -0.39 is 5.97 Å². The van der Waals surface area contributed by atoms with Gasteiger partial charge in [0.05, 0.1) is 0 Å². The summed E-state index contributed by atoms with van der Waals surface area (Å²) in [6.45, 7) is 5.61. The Kier molecular flexibility index (Phi) is 9.51. The second-order valence-electron chi connectivity index (χ2n) is 9.15. The van der Waals surface area contributed by atoms with E-state index in [1.165, 1.54) is 12.0 Å². The van der Waals surface area contributed by atoms with Crippen LogP contribution in [0.3, 0.4) is 0 Å². The molecule has 3 aromatic rings. The average molecular weight is 461 g/mol. The highest BCUT2D eigenvalue weighted by Crippen LogP contribution is 2.25. The molecule has 3 rings (SSSR count). The van der Waals surface area contributed by atoms with E-state index in [0.717, 1.165) is 37.1 Å². The van der Waals surface area contributed by atoms with Gasteiger partial charge in [-0.3, -0.25) is 9.59 Å². The summed E-state index contributed by atoms with van der Waals surface area (Å²) < 4.78 is 1.95. The summed E-state index contributed by atoms with van der Waals surface area (Å²) in [5.74, 6) is -0.586. The fourth-order valence-corrected chi connectivity index (χ4v) is 4.15. The van der Waals surface area contributed by atoms with Crippen LogP contribution in [0.5, 0.6) is 0 Å². The summed E-state index contributed by atoms with van der Waals surface area (Å²) in [4.78, 5) is 24.1. The van der Waals surface area contributed by atoms with Crippen molar-refractivity contribution in [3.05, 3.63) is 89.2 Å². The number of carboxylic acids is 1. The zero-order valence-corrected chi connectivity index (χ0v) is 20.3. The summed E-state index contributed by atoms with van der Waals surface area (Å²) in [5, 5.41) is 12.3. The van der Waals surface area contributed by atoms with E-state index in [2.05, 4.69) is 43.4 Å². The zero-order chi connectivity index (χ0) is 24.3. The van der Waals surface area contributed by atoms with Gasteiger partial charge < -0.3 is 15.0 Å². The Morgan fingerprint density at radius 3 is 2.47 bits per heavy atom. The van der Waals surface area contributed by atoms with Gasteiger partial charge in [0, 0.05) is 48.7 Å². The smallest absolute Gasteiger partial charge is 0.303 e. The number of anilines is 1. The molecule has 2 N–H and O–H groups in total. The van der Waals surface area contributed by atoms with Gasteiger partial charge in [-0.25, -0.2) is 0 Å². The molecule has 34 heavy (non-hydrogen) atoms. The van der Waals surface area contributed by atoms with Crippen LogP contribution in [-0.2, 0) is 17.8 Å². The first kappa shape index (κ1) is 25.3. The monoisotopic (exact) mass is 460 g/mol. The second-order valence-corrected chi connectivity index (χ2v) is 9.15. The molecule has 1 heterocycles. The van der Waals surface area contributed by atoms with E-state index in [1.54, 1.807) is 0 Å². The van der Waals surface area contributed by atoms with Crippen molar-refractivity contribution in [3.8, 4) is 0 Å². The molecule has 0 saturated heterocycles. The maximum absolute atomic E-state index is 13.3. The number of rotatable bonds is 14. The number of carbonyl (C=O) groups excluding carboxylic acids is 1.